The lowest BCUT2D eigenvalue weighted by atomic mass is 10.2. The van der Waals surface area contributed by atoms with Gasteiger partial charge in [-0.3, -0.25) is 10.1 Å². The van der Waals surface area contributed by atoms with Crippen LogP contribution in [0.1, 0.15) is 18.3 Å². The highest BCUT2D eigenvalue weighted by Gasteiger charge is 2.13. The average molecular weight is 316 g/mol. The van der Waals surface area contributed by atoms with E-state index in [1.54, 1.807) is 12.1 Å². The maximum Gasteiger partial charge on any atom is 0.288 e. The predicted molar refractivity (Wildman–Crippen MR) is 77.0 cm³/mol. The summed E-state index contributed by atoms with van der Waals surface area (Å²) < 4.78 is 5.06. The molecule has 0 saturated carbocycles. The molecule has 0 N–H and O–H groups in total. The summed E-state index contributed by atoms with van der Waals surface area (Å²) in [5.74, 6) is 1.44. The highest BCUT2D eigenvalue weighted by Crippen LogP contribution is 2.29. The molecule has 0 fully saturated rings. The number of nitrogens with zero attached hydrogens (tertiary/aromatic N) is 3. The van der Waals surface area contributed by atoms with Crippen molar-refractivity contribution in [2.45, 2.75) is 23.4 Å². The number of aryl methyl sites for hydroxylation is 1. The Kier molecular flexibility index (Phi) is 4.73. The summed E-state index contributed by atoms with van der Waals surface area (Å²) in [6.07, 6.45) is 0.809. The van der Waals surface area contributed by atoms with Gasteiger partial charge < -0.3 is 0 Å². The normalized spacial score (nSPS) is 10.6. The number of nitro benzene ring substituents is 1. The Morgan fingerprint density at radius 3 is 2.95 bits per heavy atom. The minimum atomic E-state index is -0.476. The van der Waals surface area contributed by atoms with Gasteiger partial charge in [-0.1, -0.05) is 36.4 Å². The second-order valence-electron chi connectivity index (χ2n) is 3.66. The summed E-state index contributed by atoms with van der Waals surface area (Å²) in [7, 11) is 0. The topological polar surface area (TPSA) is 68.9 Å². The molecule has 0 aliphatic carbocycles. The molecule has 1 aromatic heterocycles. The summed E-state index contributed by atoms with van der Waals surface area (Å²) in [4.78, 5) is 14.6. The lowest BCUT2D eigenvalue weighted by Gasteiger charge is -2.00. The molecule has 0 amide bonds. The number of hydrogen-bond donors (Lipinski definition) is 0. The van der Waals surface area contributed by atoms with Crippen LogP contribution in [0.3, 0.4) is 0 Å². The lowest BCUT2D eigenvalue weighted by molar-refractivity contribution is -0.384. The molecule has 19 heavy (non-hydrogen) atoms. The SMILES string of the molecule is CCc1nsc(SCc2ccc(Cl)c([N+](=O)[O-])c2)n1. The fraction of sp³-hybridized carbons (Fsp3) is 0.273. The van der Waals surface area contributed by atoms with Crippen LogP contribution in [0.25, 0.3) is 0 Å². The minimum absolute atomic E-state index is 0.0636. The van der Waals surface area contributed by atoms with Crippen molar-refractivity contribution < 1.29 is 4.92 Å². The molecule has 1 heterocycles. The van der Waals surface area contributed by atoms with Crippen LogP contribution in [0.4, 0.5) is 5.69 Å². The molecule has 0 atom stereocenters. The molecule has 0 radical (unpaired) electrons. The first kappa shape index (κ1) is 14.2. The van der Waals surface area contributed by atoms with Crippen LogP contribution < -0.4 is 0 Å². The van der Waals surface area contributed by atoms with Crippen LogP contribution in [-0.2, 0) is 12.2 Å². The quantitative estimate of drug-likeness (QED) is 0.474. The van der Waals surface area contributed by atoms with Crippen LogP contribution in [0.5, 0.6) is 0 Å². The van der Waals surface area contributed by atoms with Gasteiger partial charge in [0, 0.05) is 18.2 Å². The van der Waals surface area contributed by atoms with E-state index in [4.69, 9.17) is 11.6 Å². The van der Waals surface area contributed by atoms with E-state index in [0.29, 0.717) is 5.75 Å². The third-order valence-corrected chi connectivity index (χ3v) is 4.60. The Hall–Kier alpha value is -1.18. The Bertz CT molecular complexity index is 603. The van der Waals surface area contributed by atoms with E-state index >= 15 is 0 Å². The van der Waals surface area contributed by atoms with Crippen molar-refractivity contribution in [3.05, 3.63) is 44.7 Å². The second-order valence-corrected chi connectivity index (χ2v) is 6.04. The van der Waals surface area contributed by atoms with E-state index in [2.05, 4.69) is 9.36 Å². The number of hydrogen-bond acceptors (Lipinski definition) is 6. The summed E-state index contributed by atoms with van der Waals surface area (Å²) in [5.41, 5.74) is 0.778. The summed E-state index contributed by atoms with van der Waals surface area (Å²) in [6.45, 7) is 2.00. The van der Waals surface area contributed by atoms with Crippen molar-refractivity contribution in [2.24, 2.45) is 0 Å². The first-order valence-electron chi connectivity index (χ1n) is 5.48. The van der Waals surface area contributed by atoms with Gasteiger partial charge >= 0.3 is 0 Å². The number of rotatable bonds is 5. The van der Waals surface area contributed by atoms with Crippen molar-refractivity contribution in [3.63, 3.8) is 0 Å². The monoisotopic (exact) mass is 315 g/mol. The van der Waals surface area contributed by atoms with Crippen LogP contribution in [0.2, 0.25) is 5.02 Å². The molecule has 100 valence electrons. The maximum atomic E-state index is 10.8. The zero-order valence-electron chi connectivity index (χ0n) is 10.00. The van der Waals surface area contributed by atoms with Crippen LogP contribution in [0, 0.1) is 10.1 Å². The first-order valence-corrected chi connectivity index (χ1v) is 7.62. The zero-order chi connectivity index (χ0) is 13.8. The van der Waals surface area contributed by atoms with Gasteiger partial charge in [-0.2, -0.15) is 4.37 Å². The number of aromatic nitrogens is 2. The second kappa shape index (κ2) is 6.31. The molecule has 2 rings (SSSR count). The third-order valence-electron chi connectivity index (χ3n) is 2.34. The summed E-state index contributed by atoms with van der Waals surface area (Å²) in [6, 6.07) is 4.83. The number of benzene rings is 1. The largest absolute Gasteiger partial charge is 0.288 e. The Labute approximate surface area is 123 Å². The van der Waals surface area contributed by atoms with E-state index in [1.165, 1.54) is 29.4 Å². The summed E-state index contributed by atoms with van der Waals surface area (Å²) >= 11 is 8.63. The van der Waals surface area contributed by atoms with E-state index in [-0.39, 0.29) is 10.7 Å². The standard InChI is InChI=1S/C11H10ClN3O2S2/c1-2-10-13-11(19-14-10)18-6-7-3-4-8(12)9(5-7)15(16)17/h3-5H,2,6H2,1H3. The molecule has 0 unspecified atom stereocenters. The van der Waals surface area contributed by atoms with Gasteiger partial charge in [-0.05, 0) is 23.2 Å². The lowest BCUT2D eigenvalue weighted by Crippen LogP contribution is -1.91. The maximum absolute atomic E-state index is 10.8. The molecule has 1 aromatic carbocycles. The Morgan fingerprint density at radius 1 is 1.53 bits per heavy atom. The van der Waals surface area contributed by atoms with E-state index < -0.39 is 4.92 Å². The Morgan fingerprint density at radius 2 is 2.32 bits per heavy atom. The molecule has 0 aliphatic rings. The summed E-state index contributed by atoms with van der Waals surface area (Å²) in [5, 5.41) is 10.9. The minimum Gasteiger partial charge on any atom is -0.258 e. The highest BCUT2D eigenvalue weighted by atomic mass is 35.5. The Balaban J connectivity index is 2.07. The molecule has 0 aliphatic heterocycles. The van der Waals surface area contributed by atoms with Crippen molar-refractivity contribution in [1.29, 1.82) is 0 Å². The zero-order valence-corrected chi connectivity index (χ0v) is 12.4. The highest BCUT2D eigenvalue weighted by molar-refractivity contribution is 8.00. The van der Waals surface area contributed by atoms with E-state index in [9.17, 15) is 10.1 Å². The van der Waals surface area contributed by atoms with Crippen molar-refractivity contribution in [2.75, 3.05) is 0 Å². The number of halogens is 1. The molecule has 0 spiro atoms. The fourth-order valence-corrected chi connectivity index (χ4v) is 3.20. The van der Waals surface area contributed by atoms with Crippen LogP contribution >= 0.6 is 34.9 Å². The van der Waals surface area contributed by atoms with Gasteiger partial charge in [0.1, 0.15) is 10.8 Å². The van der Waals surface area contributed by atoms with Crippen LogP contribution in [0.15, 0.2) is 22.5 Å². The van der Waals surface area contributed by atoms with Gasteiger partial charge in [-0.25, -0.2) is 4.98 Å². The molecular weight excluding hydrogens is 306 g/mol. The molecule has 2 aromatic rings. The molecule has 5 nitrogen and oxygen atoms in total. The molecule has 0 saturated heterocycles. The fourth-order valence-electron chi connectivity index (χ4n) is 1.37. The van der Waals surface area contributed by atoms with E-state index in [0.717, 1.165) is 22.1 Å². The van der Waals surface area contributed by atoms with Crippen molar-refractivity contribution in [1.82, 2.24) is 9.36 Å². The molecule has 0 bridgehead atoms. The van der Waals surface area contributed by atoms with Gasteiger partial charge in [0.05, 0.1) is 4.92 Å². The smallest absolute Gasteiger partial charge is 0.258 e. The van der Waals surface area contributed by atoms with Crippen molar-refractivity contribution >= 4 is 40.6 Å². The predicted octanol–water partition coefficient (Wildman–Crippen LogP) is 3.95. The number of thioether (sulfide) groups is 1. The van der Waals surface area contributed by atoms with Crippen molar-refractivity contribution in [3.8, 4) is 0 Å². The van der Waals surface area contributed by atoms with Gasteiger partial charge in [0.15, 0.2) is 4.34 Å². The van der Waals surface area contributed by atoms with E-state index in [1.807, 2.05) is 6.92 Å². The van der Waals surface area contributed by atoms with Gasteiger partial charge in [-0.15, -0.1) is 0 Å². The average Bonchev–Trinajstić information content (AvgIpc) is 2.85. The number of nitro groups is 1. The van der Waals surface area contributed by atoms with Gasteiger partial charge in [0.2, 0.25) is 0 Å². The molecular formula is C11H10ClN3O2S2. The van der Waals surface area contributed by atoms with Crippen LogP contribution in [-0.4, -0.2) is 14.3 Å². The van der Waals surface area contributed by atoms with Gasteiger partial charge in [0.25, 0.3) is 5.69 Å². The molecule has 8 heteroatoms. The third kappa shape index (κ3) is 3.65. The first-order chi connectivity index (χ1) is 9.10.